The molecule has 0 bridgehead atoms. The molecule has 0 radical (unpaired) electrons. The van der Waals surface area contributed by atoms with Gasteiger partial charge in [0.05, 0.1) is 5.75 Å². The maximum Gasteiger partial charge on any atom is 0.230 e. The fourth-order valence-electron chi connectivity index (χ4n) is 2.46. The monoisotopic (exact) mass is 301 g/mol. The van der Waals surface area contributed by atoms with Gasteiger partial charge >= 0.3 is 0 Å². The predicted molar refractivity (Wildman–Crippen MR) is 88.3 cm³/mol. The Morgan fingerprint density at radius 3 is 2.55 bits per heavy atom. The van der Waals surface area contributed by atoms with Gasteiger partial charge in [-0.2, -0.15) is 0 Å². The van der Waals surface area contributed by atoms with Crippen LogP contribution in [0.5, 0.6) is 0 Å². The zero-order valence-electron chi connectivity index (χ0n) is 13.4. The van der Waals surface area contributed by atoms with E-state index in [2.05, 4.69) is 43.5 Å². The number of thioether (sulfide) groups is 1. The van der Waals surface area contributed by atoms with Gasteiger partial charge in [-0.15, -0.1) is 11.8 Å². The fraction of sp³-hybridized carbons (Fsp3) is 0.933. The van der Waals surface area contributed by atoms with Crippen LogP contribution in [0.4, 0.5) is 0 Å². The summed E-state index contributed by atoms with van der Waals surface area (Å²) in [6.45, 7) is 7.40. The molecule has 0 aromatic rings. The molecule has 0 aromatic heterocycles. The average molecular weight is 302 g/mol. The maximum absolute atomic E-state index is 11.9. The largest absolute Gasteiger partial charge is 0.354 e. The number of hydrogen-bond acceptors (Lipinski definition) is 4. The molecule has 4 nitrogen and oxygen atoms in total. The minimum Gasteiger partial charge on any atom is -0.354 e. The van der Waals surface area contributed by atoms with Crippen molar-refractivity contribution >= 4 is 17.7 Å². The van der Waals surface area contributed by atoms with Crippen molar-refractivity contribution in [3.8, 4) is 0 Å². The van der Waals surface area contributed by atoms with E-state index in [4.69, 9.17) is 0 Å². The van der Waals surface area contributed by atoms with Gasteiger partial charge in [-0.1, -0.05) is 13.8 Å². The van der Waals surface area contributed by atoms with Crippen molar-refractivity contribution in [3.05, 3.63) is 0 Å². The van der Waals surface area contributed by atoms with Crippen molar-refractivity contribution in [1.82, 2.24) is 15.5 Å². The van der Waals surface area contributed by atoms with Crippen molar-refractivity contribution < 1.29 is 4.79 Å². The van der Waals surface area contributed by atoms with E-state index in [1.807, 2.05) is 11.8 Å². The number of piperidine rings is 1. The first kappa shape index (κ1) is 17.8. The molecule has 0 aromatic carbocycles. The summed E-state index contributed by atoms with van der Waals surface area (Å²) in [4.78, 5) is 14.1. The van der Waals surface area contributed by atoms with E-state index < -0.39 is 0 Å². The zero-order chi connectivity index (χ0) is 15.0. The van der Waals surface area contributed by atoms with Gasteiger partial charge in [0.15, 0.2) is 0 Å². The van der Waals surface area contributed by atoms with Gasteiger partial charge in [0.1, 0.15) is 0 Å². The third kappa shape index (κ3) is 7.50. The van der Waals surface area contributed by atoms with Crippen molar-refractivity contribution in [2.24, 2.45) is 5.92 Å². The molecule has 1 aliphatic heterocycles. The first-order valence-corrected chi connectivity index (χ1v) is 8.79. The third-order valence-electron chi connectivity index (χ3n) is 3.74. The molecule has 1 aliphatic rings. The quantitative estimate of drug-likeness (QED) is 0.714. The van der Waals surface area contributed by atoms with Crippen LogP contribution in [0.15, 0.2) is 0 Å². The molecule has 0 aliphatic carbocycles. The minimum atomic E-state index is 0.184. The van der Waals surface area contributed by atoms with Gasteiger partial charge in [-0.3, -0.25) is 4.79 Å². The Balaban J connectivity index is 2.19. The van der Waals surface area contributed by atoms with Crippen molar-refractivity contribution in [2.75, 3.05) is 39.5 Å². The van der Waals surface area contributed by atoms with Crippen LogP contribution >= 0.6 is 11.8 Å². The van der Waals surface area contributed by atoms with E-state index in [1.165, 1.54) is 12.8 Å². The Morgan fingerprint density at radius 1 is 1.35 bits per heavy atom. The summed E-state index contributed by atoms with van der Waals surface area (Å²) >= 11 is 1.81. The van der Waals surface area contributed by atoms with Gasteiger partial charge in [0.25, 0.3) is 0 Å². The summed E-state index contributed by atoms with van der Waals surface area (Å²) in [6, 6.07) is 0.433. The number of carbonyl (C=O) groups is 1. The Bertz CT molecular complexity index is 278. The number of carbonyl (C=O) groups excluding carboxylic acids is 1. The SMILES string of the molecule is CC(C)CC(CNC(=O)CSC1CCNCC1)N(C)C. The number of hydrogen-bond donors (Lipinski definition) is 2. The first-order valence-electron chi connectivity index (χ1n) is 7.74. The standard InChI is InChI=1S/C15H31N3OS/c1-12(2)9-13(18(3)4)10-17-15(19)11-20-14-5-7-16-8-6-14/h12-14,16H,5-11H2,1-4H3,(H,17,19). The Labute approximate surface area is 128 Å². The normalized spacial score (nSPS) is 18.5. The van der Waals surface area contributed by atoms with E-state index in [0.717, 1.165) is 26.1 Å². The molecule has 1 unspecified atom stereocenters. The highest BCUT2D eigenvalue weighted by Gasteiger charge is 2.17. The smallest absolute Gasteiger partial charge is 0.230 e. The van der Waals surface area contributed by atoms with E-state index in [-0.39, 0.29) is 5.91 Å². The van der Waals surface area contributed by atoms with Crippen LogP contribution < -0.4 is 10.6 Å². The lowest BCUT2D eigenvalue weighted by atomic mass is 10.0. The Kier molecular flexibility index (Phi) is 8.57. The van der Waals surface area contributed by atoms with Crippen molar-refractivity contribution in [1.29, 1.82) is 0 Å². The van der Waals surface area contributed by atoms with Crippen LogP contribution in [-0.4, -0.2) is 61.6 Å². The number of amides is 1. The number of nitrogens with one attached hydrogen (secondary N) is 2. The average Bonchev–Trinajstić information content (AvgIpc) is 2.41. The predicted octanol–water partition coefficient (Wildman–Crippen LogP) is 1.56. The molecule has 0 spiro atoms. The molecular weight excluding hydrogens is 270 g/mol. The molecule has 0 saturated carbocycles. The van der Waals surface area contributed by atoms with Gasteiger partial charge in [-0.05, 0) is 52.4 Å². The van der Waals surface area contributed by atoms with Gasteiger partial charge in [0, 0.05) is 17.8 Å². The topological polar surface area (TPSA) is 44.4 Å². The molecule has 5 heteroatoms. The van der Waals surface area contributed by atoms with Crippen LogP contribution in [0.2, 0.25) is 0 Å². The lowest BCUT2D eigenvalue weighted by molar-refractivity contribution is -0.118. The second kappa shape index (κ2) is 9.64. The third-order valence-corrected chi connectivity index (χ3v) is 5.12. The molecule has 1 fully saturated rings. The Morgan fingerprint density at radius 2 is 2.00 bits per heavy atom. The second-order valence-electron chi connectivity index (χ2n) is 6.31. The number of likely N-dealkylation sites (N-methyl/N-ethyl adjacent to an activating group) is 1. The van der Waals surface area contributed by atoms with Gasteiger partial charge in [-0.25, -0.2) is 0 Å². The highest BCUT2D eigenvalue weighted by Crippen LogP contribution is 2.19. The second-order valence-corrected chi connectivity index (χ2v) is 7.60. The summed E-state index contributed by atoms with van der Waals surface area (Å²) in [7, 11) is 4.17. The number of rotatable bonds is 8. The van der Waals surface area contributed by atoms with E-state index in [0.29, 0.717) is 23.0 Å². The highest BCUT2D eigenvalue weighted by atomic mass is 32.2. The van der Waals surface area contributed by atoms with E-state index in [9.17, 15) is 4.79 Å². The molecule has 1 heterocycles. The summed E-state index contributed by atoms with van der Waals surface area (Å²) in [5, 5.41) is 7.10. The van der Waals surface area contributed by atoms with Gasteiger partial charge in [0.2, 0.25) is 5.91 Å². The van der Waals surface area contributed by atoms with Crippen LogP contribution in [0.1, 0.15) is 33.1 Å². The van der Waals surface area contributed by atoms with Crippen LogP contribution in [-0.2, 0) is 4.79 Å². The van der Waals surface area contributed by atoms with Crippen molar-refractivity contribution in [2.45, 2.75) is 44.4 Å². The lowest BCUT2D eigenvalue weighted by Gasteiger charge is -2.26. The van der Waals surface area contributed by atoms with Crippen LogP contribution in [0, 0.1) is 5.92 Å². The molecule has 1 amide bonds. The van der Waals surface area contributed by atoms with Crippen LogP contribution in [0.25, 0.3) is 0 Å². The molecule has 2 N–H and O–H groups in total. The van der Waals surface area contributed by atoms with Crippen LogP contribution in [0.3, 0.4) is 0 Å². The van der Waals surface area contributed by atoms with E-state index >= 15 is 0 Å². The molecule has 20 heavy (non-hydrogen) atoms. The zero-order valence-corrected chi connectivity index (χ0v) is 14.3. The van der Waals surface area contributed by atoms with Crippen molar-refractivity contribution in [3.63, 3.8) is 0 Å². The highest BCUT2D eigenvalue weighted by molar-refractivity contribution is 8.00. The maximum atomic E-state index is 11.9. The van der Waals surface area contributed by atoms with Gasteiger partial charge < -0.3 is 15.5 Å². The molecule has 118 valence electrons. The first-order chi connectivity index (χ1) is 9.49. The summed E-state index contributed by atoms with van der Waals surface area (Å²) in [5.74, 6) is 1.44. The minimum absolute atomic E-state index is 0.184. The lowest BCUT2D eigenvalue weighted by Crippen LogP contribution is -2.41. The molecule has 1 saturated heterocycles. The molecular formula is C15H31N3OS. The summed E-state index contributed by atoms with van der Waals surface area (Å²) in [6.07, 6.45) is 3.49. The number of nitrogens with zero attached hydrogens (tertiary/aromatic N) is 1. The summed E-state index contributed by atoms with van der Waals surface area (Å²) in [5.41, 5.74) is 0. The Hall–Kier alpha value is -0.260. The molecule has 1 rings (SSSR count). The van der Waals surface area contributed by atoms with E-state index in [1.54, 1.807) is 0 Å². The molecule has 1 atom stereocenters. The summed E-state index contributed by atoms with van der Waals surface area (Å²) < 4.78 is 0. The fourth-order valence-corrected chi connectivity index (χ4v) is 3.52.